The topological polar surface area (TPSA) is 75.9 Å². The van der Waals surface area contributed by atoms with Crippen LogP contribution in [0.3, 0.4) is 0 Å². The SMILES string of the molecule is CC(C)CCCN1CCN(C(=O)CO[N+](=O)[O-])CC1. The molecule has 19 heavy (non-hydrogen) atoms. The summed E-state index contributed by atoms with van der Waals surface area (Å²) in [4.78, 5) is 29.7. The predicted molar refractivity (Wildman–Crippen MR) is 70.0 cm³/mol. The van der Waals surface area contributed by atoms with E-state index in [0.717, 1.165) is 25.6 Å². The molecule has 0 aromatic heterocycles. The third-order valence-corrected chi connectivity index (χ3v) is 3.27. The van der Waals surface area contributed by atoms with Gasteiger partial charge in [0.1, 0.15) is 0 Å². The molecule has 0 radical (unpaired) electrons. The molecule has 110 valence electrons. The van der Waals surface area contributed by atoms with Crippen LogP contribution in [0.2, 0.25) is 0 Å². The van der Waals surface area contributed by atoms with E-state index in [2.05, 4.69) is 23.6 Å². The van der Waals surface area contributed by atoms with Crippen LogP contribution >= 0.6 is 0 Å². The zero-order valence-electron chi connectivity index (χ0n) is 11.7. The van der Waals surface area contributed by atoms with Crippen molar-refractivity contribution in [2.24, 2.45) is 5.92 Å². The fourth-order valence-electron chi connectivity index (χ4n) is 2.14. The van der Waals surface area contributed by atoms with Gasteiger partial charge in [-0.05, 0) is 25.3 Å². The van der Waals surface area contributed by atoms with Crippen LogP contribution in [0.15, 0.2) is 0 Å². The molecule has 0 aromatic rings. The highest BCUT2D eigenvalue weighted by atomic mass is 16.9. The van der Waals surface area contributed by atoms with Crippen LogP contribution in [0, 0.1) is 16.0 Å². The Bertz CT molecular complexity index is 301. The first-order chi connectivity index (χ1) is 8.99. The molecule has 1 heterocycles. The minimum absolute atomic E-state index is 0.307. The molecule has 1 rings (SSSR count). The summed E-state index contributed by atoms with van der Waals surface area (Å²) in [6.07, 6.45) is 2.39. The summed E-state index contributed by atoms with van der Waals surface area (Å²) in [6, 6.07) is 0. The van der Waals surface area contributed by atoms with E-state index < -0.39 is 11.7 Å². The van der Waals surface area contributed by atoms with Crippen molar-refractivity contribution in [3.63, 3.8) is 0 Å². The van der Waals surface area contributed by atoms with E-state index in [1.54, 1.807) is 4.90 Å². The standard InChI is InChI=1S/C12H23N3O4/c1-11(2)4-3-5-13-6-8-14(9-7-13)12(16)10-19-15(17)18/h11H,3-10H2,1-2H3. The number of carbonyl (C=O) groups is 1. The van der Waals surface area contributed by atoms with E-state index in [1.807, 2.05) is 0 Å². The lowest BCUT2D eigenvalue weighted by atomic mass is 10.1. The second kappa shape index (κ2) is 7.93. The van der Waals surface area contributed by atoms with Gasteiger partial charge in [0, 0.05) is 26.2 Å². The number of piperazine rings is 1. The van der Waals surface area contributed by atoms with Crippen LogP contribution in [-0.4, -0.2) is 60.1 Å². The van der Waals surface area contributed by atoms with Gasteiger partial charge in [-0.2, -0.15) is 0 Å². The normalized spacial score (nSPS) is 16.7. The van der Waals surface area contributed by atoms with E-state index in [1.165, 1.54) is 12.8 Å². The van der Waals surface area contributed by atoms with Gasteiger partial charge in [-0.25, -0.2) is 0 Å². The zero-order chi connectivity index (χ0) is 14.3. The molecule has 0 atom stereocenters. The van der Waals surface area contributed by atoms with Gasteiger partial charge < -0.3 is 9.74 Å². The zero-order valence-corrected chi connectivity index (χ0v) is 11.7. The van der Waals surface area contributed by atoms with E-state index in [0.29, 0.717) is 13.1 Å². The fourth-order valence-corrected chi connectivity index (χ4v) is 2.14. The molecule has 1 amide bonds. The lowest BCUT2D eigenvalue weighted by molar-refractivity contribution is -0.754. The number of hydrogen-bond acceptors (Lipinski definition) is 5. The maximum Gasteiger partial charge on any atom is 0.295 e. The Labute approximate surface area is 113 Å². The Morgan fingerprint density at radius 3 is 2.47 bits per heavy atom. The Morgan fingerprint density at radius 2 is 1.95 bits per heavy atom. The van der Waals surface area contributed by atoms with Crippen LogP contribution in [-0.2, 0) is 9.63 Å². The summed E-state index contributed by atoms with van der Waals surface area (Å²) in [6.45, 7) is 7.94. The smallest absolute Gasteiger partial charge is 0.295 e. The van der Waals surface area contributed by atoms with E-state index in [-0.39, 0.29) is 5.91 Å². The third-order valence-electron chi connectivity index (χ3n) is 3.27. The first-order valence-electron chi connectivity index (χ1n) is 6.76. The minimum atomic E-state index is -0.930. The van der Waals surface area contributed by atoms with E-state index >= 15 is 0 Å². The van der Waals surface area contributed by atoms with Crippen molar-refractivity contribution in [3.8, 4) is 0 Å². The van der Waals surface area contributed by atoms with Crippen molar-refractivity contribution in [3.05, 3.63) is 10.1 Å². The first kappa shape index (κ1) is 15.7. The fraction of sp³-hybridized carbons (Fsp3) is 0.917. The Balaban J connectivity index is 2.17. The highest BCUT2D eigenvalue weighted by Crippen LogP contribution is 2.07. The molecule has 0 unspecified atom stereocenters. The molecule has 7 heteroatoms. The van der Waals surface area contributed by atoms with Crippen molar-refractivity contribution in [1.82, 2.24) is 9.80 Å². The van der Waals surface area contributed by atoms with Gasteiger partial charge in [-0.15, -0.1) is 10.1 Å². The number of hydrogen-bond donors (Lipinski definition) is 0. The third kappa shape index (κ3) is 6.37. The molecule has 0 bridgehead atoms. The lowest BCUT2D eigenvalue weighted by Crippen LogP contribution is -2.49. The monoisotopic (exact) mass is 273 g/mol. The van der Waals surface area contributed by atoms with Crippen molar-refractivity contribution in [2.45, 2.75) is 26.7 Å². The second-order valence-electron chi connectivity index (χ2n) is 5.26. The summed E-state index contributed by atoms with van der Waals surface area (Å²) >= 11 is 0. The summed E-state index contributed by atoms with van der Waals surface area (Å²) < 4.78 is 0. The van der Waals surface area contributed by atoms with Crippen molar-refractivity contribution in [2.75, 3.05) is 39.3 Å². The molecular formula is C12H23N3O4. The van der Waals surface area contributed by atoms with Gasteiger partial charge in [0.2, 0.25) is 5.91 Å². The van der Waals surface area contributed by atoms with Gasteiger partial charge in [0.25, 0.3) is 5.09 Å². The van der Waals surface area contributed by atoms with Crippen LogP contribution in [0.4, 0.5) is 0 Å². The largest absolute Gasteiger partial charge is 0.338 e. The first-order valence-corrected chi connectivity index (χ1v) is 6.76. The van der Waals surface area contributed by atoms with Crippen molar-refractivity contribution >= 4 is 5.91 Å². The highest BCUT2D eigenvalue weighted by Gasteiger charge is 2.21. The molecule has 0 aliphatic carbocycles. The molecule has 1 fully saturated rings. The summed E-state index contributed by atoms with van der Waals surface area (Å²) in [5, 5.41) is 9.09. The summed E-state index contributed by atoms with van der Waals surface area (Å²) in [5.74, 6) is 0.417. The molecule has 1 aliphatic rings. The summed E-state index contributed by atoms with van der Waals surface area (Å²) in [5.41, 5.74) is 0. The van der Waals surface area contributed by atoms with Gasteiger partial charge >= 0.3 is 0 Å². The van der Waals surface area contributed by atoms with Gasteiger partial charge in [-0.3, -0.25) is 9.69 Å². The second-order valence-corrected chi connectivity index (χ2v) is 5.26. The maximum atomic E-state index is 11.6. The number of amides is 1. The van der Waals surface area contributed by atoms with Crippen molar-refractivity contribution in [1.29, 1.82) is 0 Å². The van der Waals surface area contributed by atoms with Crippen LogP contribution in [0.5, 0.6) is 0 Å². The van der Waals surface area contributed by atoms with Crippen LogP contribution in [0.1, 0.15) is 26.7 Å². The number of carbonyl (C=O) groups excluding carboxylic acids is 1. The number of rotatable bonds is 7. The van der Waals surface area contributed by atoms with E-state index in [9.17, 15) is 14.9 Å². The molecule has 0 aromatic carbocycles. The molecule has 0 saturated carbocycles. The minimum Gasteiger partial charge on any atom is -0.338 e. The molecule has 7 nitrogen and oxygen atoms in total. The average Bonchev–Trinajstić information content (AvgIpc) is 2.36. The van der Waals surface area contributed by atoms with Crippen LogP contribution < -0.4 is 0 Å². The number of nitrogens with zero attached hydrogens (tertiary/aromatic N) is 3. The molecule has 1 saturated heterocycles. The molecular weight excluding hydrogens is 250 g/mol. The Hall–Kier alpha value is -1.37. The quantitative estimate of drug-likeness (QED) is 0.506. The van der Waals surface area contributed by atoms with Gasteiger partial charge in [0.05, 0.1) is 0 Å². The van der Waals surface area contributed by atoms with Gasteiger partial charge in [-0.1, -0.05) is 13.8 Å². The predicted octanol–water partition coefficient (Wildman–Crippen LogP) is 0.775. The van der Waals surface area contributed by atoms with Crippen LogP contribution in [0.25, 0.3) is 0 Å². The highest BCUT2D eigenvalue weighted by molar-refractivity contribution is 5.77. The van der Waals surface area contributed by atoms with E-state index in [4.69, 9.17) is 0 Å². The molecule has 0 N–H and O–H groups in total. The average molecular weight is 273 g/mol. The Kier molecular flexibility index (Phi) is 6.55. The van der Waals surface area contributed by atoms with Gasteiger partial charge in [0.15, 0.2) is 6.61 Å². The molecule has 1 aliphatic heterocycles. The van der Waals surface area contributed by atoms with Crippen molar-refractivity contribution < 1.29 is 14.7 Å². The Morgan fingerprint density at radius 1 is 1.32 bits per heavy atom. The summed E-state index contributed by atoms with van der Waals surface area (Å²) in [7, 11) is 0. The molecule has 0 spiro atoms. The lowest BCUT2D eigenvalue weighted by Gasteiger charge is -2.34. The maximum absolute atomic E-state index is 11.6.